The van der Waals surface area contributed by atoms with Gasteiger partial charge in [-0.1, -0.05) is 50.2 Å². The third-order valence-corrected chi connectivity index (χ3v) is 5.16. The van der Waals surface area contributed by atoms with Crippen molar-refractivity contribution < 1.29 is 9.47 Å². The van der Waals surface area contributed by atoms with Gasteiger partial charge >= 0.3 is 0 Å². The van der Waals surface area contributed by atoms with Crippen molar-refractivity contribution in [3.8, 4) is 5.88 Å². The van der Waals surface area contributed by atoms with E-state index in [1.165, 1.54) is 0 Å². The topological polar surface area (TPSA) is 71.0 Å². The van der Waals surface area contributed by atoms with Gasteiger partial charge in [-0.3, -0.25) is 4.90 Å². The van der Waals surface area contributed by atoms with E-state index in [9.17, 15) is 0 Å². The highest BCUT2D eigenvalue weighted by atomic mass is 16.5. The highest BCUT2D eigenvalue weighted by molar-refractivity contribution is 5.79. The number of nitrogens with zero attached hydrogens (tertiary/aromatic N) is 3. The molecule has 1 aliphatic heterocycles. The van der Waals surface area contributed by atoms with Crippen LogP contribution in [-0.4, -0.2) is 61.3 Å². The first kappa shape index (κ1) is 24.0. The van der Waals surface area contributed by atoms with Gasteiger partial charge in [-0.25, -0.2) is 9.98 Å². The Balaban J connectivity index is 1.55. The molecule has 7 heteroatoms. The van der Waals surface area contributed by atoms with Crippen LogP contribution in [0.5, 0.6) is 5.88 Å². The molecule has 0 amide bonds. The molecule has 2 N–H and O–H groups in total. The van der Waals surface area contributed by atoms with Gasteiger partial charge in [0.2, 0.25) is 5.88 Å². The Morgan fingerprint density at radius 3 is 2.84 bits per heavy atom. The van der Waals surface area contributed by atoms with E-state index in [-0.39, 0.29) is 6.10 Å². The fourth-order valence-electron chi connectivity index (χ4n) is 3.70. The molecular formula is C25H37N5O2. The van der Waals surface area contributed by atoms with Crippen molar-refractivity contribution in [2.45, 2.75) is 40.0 Å². The van der Waals surface area contributed by atoms with Gasteiger partial charge < -0.3 is 20.1 Å². The van der Waals surface area contributed by atoms with Crippen LogP contribution in [0, 0.1) is 5.92 Å². The molecule has 1 aromatic heterocycles. The number of aromatic nitrogens is 1. The van der Waals surface area contributed by atoms with E-state index in [0.717, 1.165) is 56.4 Å². The second kappa shape index (κ2) is 13.0. The SMILES string of the molecule is CCNC(=NCc1cccnc1OCc1ccccc1)NCC1CN(CC(C)C)CCO1. The van der Waals surface area contributed by atoms with E-state index in [4.69, 9.17) is 14.5 Å². The monoisotopic (exact) mass is 439 g/mol. The van der Waals surface area contributed by atoms with Gasteiger partial charge in [-0.15, -0.1) is 0 Å². The number of morpholine rings is 1. The predicted molar refractivity (Wildman–Crippen MR) is 129 cm³/mol. The van der Waals surface area contributed by atoms with E-state index < -0.39 is 0 Å². The van der Waals surface area contributed by atoms with E-state index in [0.29, 0.717) is 24.9 Å². The minimum atomic E-state index is 0.162. The lowest BCUT2D eigenvalue weighted by Gasteiger charge is -2.34. The van der Waals surface area contributed by atoms with Crippen LogP contribution in [0.1, 0.15) is 31.9 Å². The summed E-state index contributed by atoms with van der Waals surface area (Å²) in [7, 11) is 0. The van der Waals surface area contributed by atoms with Crippen molar-refractivity contribution >= 4 is 5.96 Å². The minimum absolute atomic E-state index is 0.162. The lowest BCUT2D eigenvalue weighted by atomic mass is 10.2. The largest absolute Gasteiger partial charge is 0.473 e. The summed E-state index contributed by atoms with van der Waals surface area (Å²) < 4.78 is 11.9. The molecule has 0 spiro atoms. The molecule has 3 rings (SSSR count). The Morgan fingerprint density at radius 1 is 1.22 bits per heavy atom. The van der Waals surface area contributed by atoms with Crippen molar-refractivity contribution in [2.24, 2.45) is 10.9 Å². The normalized spacial score (nSPS) is 17.4. The van der Waals surface area contributed by atoms with Crippen LogP contribution in [0.25, 0.3) is 0 Å². The zero-order valence-electron chi connectivity index (χ0n) is 19.6. The Morgan fingerprint density at radius 2 is 2.06 bits per heavy atom. The fourth-order valence-corrected chi connectivity index (χ4v) is 3.70. The summed E-state index contributed by atoms with van der Waals surface area (Å²) in [5.74, 6) is 2.06. The predicted octanol–water partition coefficient (Wildman–Crippen LogP) is 3.07. The lowest BCUT2D eigenvalue weighted by Crippen LogP contribution is -2.50. The summed E-state index contributed by atoms with van der Waals surface area (Å²) in [5.41, 5.74) is 2.07. The first-order chi connectivity index (χ1) is 15.6. The van der Waals surface area contributed by atoms with Crippen LogP contribution in [0.4, 0.5) is 0 Å². The van der Waals surface area contributed by atoms with E-state index in [1.54, 1.807) is 6.20 Å². The quantitative estimate of drug-likeness (QED) is 0.438. The Bertz CT molecular complexity index is 828. The molecule has 0 bridgehead atoms. The van der Waals surface area contributed by atoms with Gasteiger partial charge in [0, 0.05) is 44.5 Å². The highest BCUT2D eigenvalue weighted by Crippen LogP contribution is 2.17. The van der Waals surface area contributed by atoms with Gasteiger partial charge in [0.25, 0.3) is 0 Å². The van der Waals surface area contributed by atoms with Gasteiger partial charge in [-0.05, 0) is 24.5 Å². The molecule has 32 heavy (non-hydrogen) atoms. The number of rotatable bonds is 10. The molecule has 2 aromatic rings. The first-order valence-corrected chi connectivity index (χ1v) is 11.6. The molecule has 0 aliphatic carbocycles. The number of aliphatic imine (C=N–C) groups is 1. The maximum absolute atomic E-state index is 5.97. The average Bonchev–Trinajstić information content (AvgIpc) is 2.80. The van der Waals surface area contributed by atoms with Crippen LogP contribution in [0.2, 0.25) is 0 Å². The van der Waals surface area contributed by atoms with Crippen molar-refractivity contribution in [3.63, 3.8) is 0 Å². The number of hydrogen-bond donors (Lipinski definition) is 2. The average molecular weight is 440 g/mol. The van der Waals surface area contributed by atoms with Gasteiger partial charge in [0.15, 0.2) is 5.96 Å². The number of hydrogen-bond acceptors (Lipinski definition) is 5. The molecule has 1 atom stereocenters. The second-order valence-corrected chi connectivity index (χ2v) is 8.46. The summed E-state index contributed by atoms with van der Waals surface area (Å²) >= 11 is 0. The second-order valence-electron chi connectivity index (χ2n) is 8.46. The molecule has 1 aromatic carbocycles. The van der Waals surface area contributed by atoms with Crippen molar-refractivity contribution in [1.29, 1.82) is 0 Å². The number of ether oxygens (including phenoxy) is 2. The van der Waals surface area contributed by atoms with Gasteiger partial charge in [-0.2, -0.15) is 0 Å². The number of guanidine groups is 1. The van der Waals surface area contributed by atoms with Crippen LogP contribution in [0.3, 0.4) is 0 Å². The summed E-state index contributed by atoms with van der Waals surface area (Å²) in [6.07, 6.45) is 1.91. The molecular weight excluding hydrogens is 402 g/mol. The molecule has 1 fully saturated rings. The summed E-state index contributed by atoms with van der Waals surface area (Å²) in [6, 6.07) is 14.0. The Kier molecular flexibility index (Phi) is 9.78. The Labute approximate surface area is 192 Å². The Hall–Kier alpha value is -2.64. The molecule has 1 aliphatic rings. The molecule has 1 saturated heterocycles. The van der Waals surface area contributed by atoms with Crippen LogP contribution in [0.15, 0.2) is 53.7 Å². The number of nitrogens with one attached hydrogen (secondary N) is 2. The van der Waals surface area contributed by atoms with Crippen molar-refractivity contribution in [1.82, 2.24) is 20.5 Å². The van der Waals surface area contributed by atoms with E-state index in [2.05, 4.69) is 41.3 Å². The molecule has 174 valence electrons. The lowest BCUT2D eigenvalue weighted by molar-refractivity contribution is -0.0284. The standard InChI is InChI=1S/C25H37N5O2/c1-4-26-25(29-16-23-18-30(13-14-31-23)17-20(2)3)28-15-22-11-8-12-27-24(22)32-19-21-9-6-5-7-10-21/h5-12,20,23H,4,13-19H2,1-3H3,(H2,26,28,29). The third kappa shape index (κ3) is 8.13. The summed E-state index contributed by atoms with van der Waals surface area (Å²) in [5, 5.41) is 6.76. The zero-order valence-corrected chi connectivity index (χ0v) is 19.6. The van der Waals surface area contributed by atoms with E-state index in [1.807, 2.05) is 42.5 Å². The van der Waals surface area contributed by atoms with Gasteiger partial charge in [0.1, 0.15) is 6.61 Å². The maximum atomic E-state index is 5.97. The number of benzene rings is 1. The smallest absolute Gasteiger partial charge is 0.218 e. The molecule has 0 saturated carbocycles. The molecule has 0 radical (unpaired) electrons. The van der Waals surface area contributed by atoms with Crippen LogP contribution in [-0.2, 0) is 17.9 Å². The minimum Gasteiger partial charge on any atom is -0.473 e. The molecule has 2 heterocycles. The van der Waals surface area contributed by atoms with Gasteiger partial charge in [0.05, 0.1) is 19.3 Å². The highest BCUT2D eigenvalue weighted by Gasteiger charge is 2.21. The number of pyridine rings is 1. The van der Waals surface area contributed by atoms with Crippen molar-refractivity contribution in [2.75, 3.05) is 39.3 Å². The third-order valence-electron chi connectivity index (χ3n) is 5.16. The summed E-state index contributed by atoms with van der Waals surface area (Å²) in [4.78, 5) is 11.7. The van der Waals surface area contributed by atoms with Crippen LogP contribution < -0.4 is 15.4 Å². The van der Waals surface area contributed by atoms with Crippen molar-refractivity contribution in [3.05, 3.63) is 59.8 Å². The van der Waals surface area contributed by atoms with Crippen LogP contribution >= 0.6 is 0 Å². The molecule has 1 unspecified atom stereocenters. The maximum Gasteiger partial charge on any atom is 0.218 e. The zero-order chi connectivity index (χ0) is 22.6. The van der Waals surface area contributed by atoms with E-state index >= 15 is 0 Å². The molecule has 7 nitrogen and oxygen atoms in total. The summed E-state index contributed by atoms with van der Waals surface area (Å²) in [6.45, 7) is 12.9. The first-order valence-electron chi connectivity index (χ1n) is 11.6. The fraction of sp³-hybridized carbons (Fsp3) is 0.520.